The molecule has 2 aliphatic carbocycles. The van der Waals surface area contributed by atoms with Crippen LogP contribution in [0.4, 0.5) is 0 Å². The molecular formula is C28H37NO4. The molecule has 1 aliphatic heterocycles. The number of hydrogen-bond donors (Lipinski definition) is 3. The van der Waals surface area contributed by atoms with Gasteiger partial charge in [-0.15, -0.1) is 0 Å². The molecule has 1 aromatic rings. The van der Waals surface area contributed by atoms with Crippen molar-refractivity contribution >= 4 is 11.7 Å². The third-order valence-corrected chi connectivity index (χ3v) is 8.34. The van der Waals surface area contributed by atoms with Gasteiger partial charge >= 0.3 is 0 Å². The van der Waals surface area contributed by atoms with Gasteiger partial charge in [0.1, 0.15) is 11.2 Å². The molecule has 1 amide bonds. The first kappa shape index (κ1) is 23.9. The van der Waals surface area contributed by atoms with Crippen molar-refractivity contribution < 1.29 is 19.8 Å². The Morgan fingerprint density at radius 2 is 1.88 bits per heavy atom. The Morgan fingerprint density at radius 3 is 2.58 bits per heavy atom. The predicted molar refractivity (Wildman–Crippen MR) is 128 cm³/mol. The van der Waals surface area contributed by atoms with Crippen LogP contribution in [0.15, 0.2) is 54.6 Å². The quantitative estimate of drug-likeness (QED) is 0.474. The fourth-order valence-electron chi connectivity index (χ4n) is 6.73. The van der Waals surface area contributed by atoms with Gasteiger partial charge < -0.3 is 15.5 Å². The van der Waals surface area contributed by atoms with Gasteiger partial charge in [0.05, 0.1) is 11.7 Å². The van der Waals surface area contributed by atoms with Crippen molar-refractivity contribution in [2.75, 3.05) is 0 Å². The molecule has 1 aromatic carbocycles. The zero-order valence-electron chi connectivity index (χ0n) is 20.0. The molecule has 5 heteroatoms. The number of ketones is 1. The Morgan fingerprint density at radius 1 is 1.18 bits per heavy atom. The molecule has 0 radical (unpaired) electrons. The number of aliphatic hydroxyl groups is 2. The normalized spacial score (nSPS) is 41.7. The molecule has 3 aliphatic rings. The summed E-state index contributed by atoms with van der Waals surface area (Å²) in [6.07, 6.45) is 5.23. The Kier molecular flexibility index (Phi) is 6.41. The summed E-state index contributed by atoms with van der Waals surface area (Å²) in [5.41, 5.74) is -0.561. The lowest BCUT2D eigenvalue weighted by atomic mass is 9.51. The van der Waals surface area contributed by atoms with E-state index in [4.69, 9.17) is 0 Å². The largest absolute Gasteiger partial charge is 0.390 e. The van der Waals surface area contributed by atoms with Crippen LogP contribution in [-0.2, 0) is 16.0 Å². The number of carbonyl (C=O) groups excluding carboxylic acids is 2. The number of carbonyl (C=O) groups is 2. The number of rotatable bonds is 2. The van der Waals surface area contributed by atoms with Crippen LogP contribution in [0.3, 0.4) is 0 Å². The summed E-state index contributed by atoms with van der Waals surface area (Å²) in [5.74, 6) is -1.42. The molecule has 0 bridgehead atoms. The van der Waals surface area contributed by atoms with Crippen molar-refractivity contribution in [3.8, 4) is 0 Å². The maximum atomic E-state index is 14.0. The molecule has 8 atom stereocenters. The van der Waals surface area contributed by atoms with Crippen LogP contribution in [0.2, 0.25) is 0 Å². The van der Waals surface area contributed by atoms with Crippen LogP contribution in [0.25, 0.3) is 0 Å². The first-order valence-electron chi connectivity index (χ1n) is 12.2. The molecule has 1 saturated heterocycles. The summed E-state index contributed by atoms with van der Waals surface area (Å²) in [7, 11) is 0. The number of nitrogens with one attached hydrogen (secondary N) is 1. The van der Waals surface area contributed by atoms with Gasteiger partial charge in [-0.3, -0.25) is 9.59 Å². The molecule has 33 heavy (non-hydrogen) atoms. The van der Waals surface area contributed by atoms with Crippen molar-refractivity contribution in [1.82, 2.24) is 5.32 Å². The molecule has 1 saturated carbocycles. The predicted octanol–water partition coefficient (Wildman–Crippen LogP) is 3.60. The first-order chi connectivity index (χ1) is 15.6. The number of allylic oxidation sites excluding steroid dienone is 1. The topological polar surface area (TPSA) is 86.6 Å². The van der Waals surface area contributed by atoms with E-state index in [0.717, 1.165) is 5.56 Å². The molecule has 0 aromatic heterocycles. The molecule has 4 rings (SSSR count). The van der Waals surface area contributed by atoms with Crippen LogP contribution in [0.5, 0.6) is 0 Å². The first-order valence-corrected chi connectivity index (χ1v) is 12.2. The molecule has 178 valence electrons. The van der Waals surface area contributed by atoms with E-state index in [0.29, 0.717) is 31.3 Å². The van der Waals surface area contributed by atoms with E-state index in [2.05, 4.69) is 18.8 Å². The second kappa shape index (κ2) is 8.84. The minimum atomic E-state index is -1.36. The van der Waals surface area contributed by atoms with E-state index >= 15 is 0 Å². The Balaban J connectivity index is 1.82. The van der Waals surface area contributed by atoms with Gasteiger partial charge in [0.15, 0.2) is 0 Å². The van der Waals surface area contributed by atoms with Crippen molar-refractivity contribution in [3.63, 3.8) is 0 Å². The summed E-state index contributed by atoms with van der Waals surface area (Å²) >= 11 is 0. The molecular weight excluding hydrogens is 414 g/mol. The number of hydrogen-bond acceptors (Lipinski definition) is 4. The van der Waals surface area contributed by atoms with E-state index in [1.165, 1.54) is 0 Å². The van der Waals surface area contributed by atoms with Crippen molar-refractivity contribution in [3.05, 3.63) is 60.2 Å². The highest BCUT2D eigenvalue weighted by atomic mass is 16.3. The van der Waals surface area contributed by atoms with Crippen molar-refractivity contribution in [2.45, 2.75) is 70.6 Å². The van der Waals surface area contributed by atoms with E-state index in [1.807, 2.05) is 49.4 Å². The summed E-state index contributed by atoms with van der Waals surface area (Å²) in [4.78, 5) is 27.8. The fraction of sp³-hybridized carbons (Fsp3) is 0.571. The third kappa shape index (κ3) is 4.10. The lowest BCUT2D eigenvalue weighted by molar-refractivity contribution is -0.152. The summed E-state index contributed by atoms with van der Waals surface area (Å²) in [6, 6.07) is 9.74. The van der Waals surface area contributed by atoms with Crippen molar-refractivity contribution in [1.29, 1.82) is 0 Å². The van der Waals surface area contributed by atoms with Gasteiger partial charge in [0.2, 0.25) is 5.91 Å². The average molecular weight is 452 g/mol. The summed E-state index contributed by atoms with van der Waals surface area (Å²) in [6.45, 7) is 10.0. The number of benzene rings is 1. The van der Waals surface area contributed by atoms with Gasteiger partial charge in [-0.1, -0.05) is 62.9 Å². The van der Waals surface area contributed by atoms with E-state index in [-0.39, 0.29) is 41.9 Å². The van der Waals surface area contributed by atoms with Crippen LogP contribution < -0.4 is 5.32 Å². The molecule has 1 heterocycles. The maximum Gasteiger partial charge on any atom is 0.235 e. The van der Waals surface area contributed by atoms with Gasteiger partial charge in [0, 0.05) is 24.3 Å². The Labute approximate surface area is 197 Å². The van der Waals surface area contributed by atoms with Crippen LogP contribution >= 0.6 is 0 Å². The maximum absolute atomic E-state index is 14.0. The number of aliphatic hydroxyl groups excluding tert-OH is 1. The highest BCUT2D eigenvalue weighted by molar-refractivity contribution is 6.09. The molecule has 5 nitrogen and oxygen atoms in total. The second-order valence-electron chi connectivity index (χ2n) is 10.9. The lowest BCUT2D eigenvalue weighted by Crippen LogP contribution is -2.58. The van der Waals surface area contributed by atoms with E-state index in [1.54, 1.807) is 6.92 Å². The van der Waals surface area contributed by atoms with Crippen LogP contribution in [-0.4, -0.2) is 39.7 Å². The lowest BCUT2D eigenvalue weighted by Gasteiger charge is -2.49. The standard InChI is InChI=1S/C28H37NO4/c1-17-9-8-12-21-25(31)19(3)18(2)24-22(15-20-10-6-5-7-11-20)29-26(32)28(21,24)23(30)13-14-27(4,33)16-17/h5-8,10-12,17-18,21-22,24-25,31,33H,3,9,13-16H2,1-2,4H3,(H,29,32)/t17-,18+,21-,22-,24-,25+,27+,28-/m0/s1. The highest BCUT2D eigenvalue weighted by Gasteiger charge is 2.68. The van der Waals surface area contributed by atoms with E-state index in [9.17, 15) is 19.8 Å². The smallest absolute Gasteiger partial charge is 0.235 e. The van der Waals surface area contributed by atoms with Crippen LogP contribution in [0.1, 0.15) is 52.0 Å². The summed E-state index contributed by atoms with van der Waals surface area (Å²) in [5, 5.41) is 25.4. The third-order valence-electron chi connectivity index (χ3n) is 8.34. The minimum absolute atomic E-state index is 0.109. The van der Waals surface area contributed by atoms with Gasteiger partial charge in [0.25, 0.3) is 0 Å². The zero-order valence-corrected chi connectivity index (χ0v) is 20.0. The monoisotopic (exact) mass is 451 g/mol. The number of amides is 1. The molecule has 0 unspecified atom stereocenters. The van der Waals surface area contributed by atoms with Gasteiger partial charge in [-0.05, 0) is 55.6 Å². The van der Waals surface area contributed by atoms with Crippen LogP contribution in [0, 0.1) is 29.1 Å². The van der Waals surface area contributed by atoms with Gasteiger partial charge in [-0.2, -0.15) is 0 Å². The Bertz CT molecular complexity index is 952. The SMILES string of the molecule is C=C1[C@@H](C)[C@H]2[C@H](Cc3ccccc3)NC(=O)[C@@]23C(=O)CC[C@@](C)(O)C[C@@H](C)CC=C[C@H]3[C@@H]1O. The molecule has 2 fully saturated rings. The minimum Gasteiger partial charge on any atom is -0.390 e. The number of Topliss-reactive ketones (excluding diaryl/α,β-unsaturated/α-hetero) is 1. The molecule has 3 N–H and O–H groups in total. The second-order valence-corrected chi connectivity index (χ2v) is 10.9. The van der Waals surface area contributed by atoms with Gasteiger partial charge in [-0.25, -0.2) is 0 Å². The van der Waals surface area contributed by atoms with E-state index < -0.39 is 23.0 Å². The Hall–Kier alpha value is -2.24. The van der Waals surface area contributed by atoms with Crippen molar-refractivity contribution in [2.24, 2.45) is 29.1 Å². The zero-order chi connectivity index (χ0) is 24.0. The molecule has 1 spiro atoms. The summed E-state index contributed by atoms with van der Waals surface area (Å²) < 4.78 is 0. The fourth-order valence-corrected chi connectivity index (χ4v) is 6.73. The highest BCUT2D eigenvalue weighted by Crippen LogP contribution is 2.57. The average Bonchev–Trinajstić information content (AvgIpc) is 3.04.